The van der Waals surface area contributed by atoms with Crippen LogP contribution in [0.5, 0.6) is 0 Å². The molecule has 19 heavy (non-hydrogen) atoms. The van der Waals surface area contributed by atoms with Gasteiger partial charge in [0.15, 0.2) is 0 Å². The molecule has 0 aromatic heterocycles. The highest BCUT2D eigenvalue weighted by Gasteiger charge is 2.33. The Bertz CT molecular complexity index is 509. The average Bonchev–Trinajstić information content (AvgIpc) is 2.23. The highest BCUT2D eigenvalue weighted by atomic mass is 79.9. The fraction of sp³-hybridized carbons (Fsp3) is 0.385. The fourth-order valence-corrected chi connectivity index (χ4v) is 1.98. The van der Waals surface area contributed by atoms with Crippen LogP contribution in [-0.2, 0) is 4.79 Å². The van der Waals surface area contributed by atoms with Crippen LogP contribution in [-0.4, -0.2) is 23.0 Å². The van der Waals surface area contributed by atoms with Crippen molar-refractivity contribution in [1.82, 2.24) is 5.32 Å². The number of rotatable bonds is 3. The van der Waals surface area contributed by atoms with Crippen molar-refractivity contribution in [1.29, 1.82) is 0 Å². The number of hydrogen-bond acceptors (Lipinski definition) is 3. The molecule has 0 aliphatic heterocycles. The van der Waals surface area contributed by atoms with Crippen molar-refractivity contribution in [3.8, 4) is 0 Å². The Kier molecular flexibility index (Phi) is 4.57. The van der Waals surface area contributed by atoms with Gasteiger partial charge < -0.3 is 16.2 Å². The first-order valence-corrected chi connectivity index (χ1v) is 6.51. The number of carboxylic acids is 1. The van der Waals surface area contributed by atoms with Gasteiger partial charge in [-0.1, -0.05) is 36.7 Å². The number of halogens is 1. The maximum atomic E-state index is 12.1. The highest BCUT2D eigenvalue weighted by Crippen LogP contribution is 2.22. The third kappa shape index (κ3) is 3.96. The molecular formula is C13H17BrN2O3. The summed E-state index contributed by atoms with van der Waals surface area (Å²) in [5, 5.41) is 11.7. The Morgan fingerprint density at radius 3 is 2.37 bits per heavy atom. The lowest BCUT2D eigenvalue weighted by molar-refractivity contribution is -0.142. The van der Waals surface area contributed by atoms with E-state index >= 15 is 0 Å². The summed E-state index contributed by atoms with van der Waals surface area (Å²) in [6.07, 6.45) is 0. The molecule has 104 valence electrons. The van der Waals surface area contributed by atoms with Gasteiger partial charge in [0.05, 0.1) is 5.56 Å². The van der Waals surface area contributed by atoms with Crippen molar-refractivity contribution >= 4 is 33.5 Å². The second kappa shape index (κ2) is 5.61. The van der Waals surface area contributed by atoms with E-state index in [1.54, 1.807) is 39.0 Å². The lowest BCUT2D eigenvalue weighted by atomic mass is 9.86. The van der Waals surface area contributed by atoms with Gasteiger partial charge >= 0.3 is 5.97 Å². The summed E-state index contributed by atoms with van der Waals surface area (Å²) in [6, 6.07) is 3.85. The standard InChI is InChI=1S/C13H17BrN2O3/c1-13(2,3)10(12(18)19)16-11(17)8-5-4-7(14)6-9(8)15/h4-6,10H,15H2,1-3H3,(H,16,17)(H,18,19). The van der Waals surface area contributed by atoms with E-state index in [2.05, 4.69) is 21.2 Å². The van der Waals surface area contributed by atoms with Crippen LogP contribution in [0.15, 0.2) is 22.7 Å². The number of amides is 1. The van der Waals surface area contributed by atoms with E-state index in [0.29, 0.717) is 5.69 Å². The molecule has 0 bridgehead atoms. The monoisotopic (exact) mass is 328 g/mol. The number of nitrogen functional groups attached to an aromatic ring is 1. The number of aliphatic carboxylic acids is 1. The smallest absolute Gasteiger partial charge is 0.326 e. The zero-order valence-electron chi connectivity index (χ0n) is 11.0. The molecule has 1 rings (SSSR count). The average molecular weight is 329 g/mol. The molecule has 0 saturated heterocycles. The van der Waals surface area contributed by atoms with Crippen LogP contribution in [0.4, 0.5) is 5.69 Å². The Hall–Kier alpha value is -1.56. The van der Waals surface area contributed by atoms with Crippen molar-refractivity contribution in [3.63, 3.8) is 0 Å². The van der Waals surface area contributed by atoms with Gasteiger partial charge in [-0.25, -0.2) is 4.79 Å². The molecule has 1 amide bonds. The van der Waals surface area contributed by atoms with Gasteiger partial charge in [0.25, 0.3) is 5.91 Å². The topological polar surface area (TPSA) is 92.4 Å². The number of benzene rings is 1. The molecule has 1 aromatic rings. The Morgan fingerprint density at radius 1 is 1.37 bits per heavy atom. The summed E-state index contributed by atoms with van der Waals surface area (Å²) in [6.45, 7) is 5.24. The van der Waals surface area contributed by atoms with Crippen molar-refractivity contribution in [2.45, 2.75) is 26.8 Å². The first kappa shape index (κ1) is 15.5. The summed E-state index contributed by atoms with van der Waals surface area (Å²) in [7, 11) is 0. The van der Waals surface area contributed by atoms with Crippen LogP contribution in [0, 0.1) is 5.41 Å². The van der Waals surface area contributed by atoms with Crippen LogP contribution in [0.3, 0.4) is 0 Å². The second-order valence-electron chi connectivity index (χ2n) is 5.34. The quantitative estimate of drug-likeness (QED) is 0.742. The number of carboxylic acid groups (broad SMARTS) is 1. The number of carbonyl (C=O) groups is 2. The van der Waals surface area contributed by atoms with Crippen molar-refractivity contribution in [2.24, 2.45) is 5.41 Å². The largest absolute Gasteiger partial charge is 0.480 e. The van der Waals surface area contributed by atoms with E-state index in [1.165, 1.54) is 0 Å². The van der Waals surface area contributed by atoms with Gasteiger partial charge in [0.2, 0.25) is 0 Å². The first-order chi connectivity index (χ1) is 8.62. The number of nitrogens with one attached hydrogen (secondary N) is 1. The molecule has 0 fully saturated rings. The molecule has 0 radical (unpaired) electrons. The van der Waals surface area contributed by atoms with Crippen LogP contribution >= 0.6 is 15.9 Å². The summed E-state index contributed by atoms with van der Waals surface area (Å²) >= 11 is 3.25. The number of carbonyl (C=O) groups excluding carboxylic acids is 1. The van der Waals surface area contributed by atoms with Crippen LogP contribution in [0.1, 0.15) is 31.1 Å². The minimum absolute atomic E-state index is 0.263. The third-order valence-corrected chi connectivity index (χ3v) is 3.14. The van der Waals surface area contributed by atoms with E-state index in [9.17, 15) is 9.59 Å². The molecule has 0 spiro atoms. The Morgan fingerprint density at radius 2 is 1.95 bits per heavy atom. The van der Waals surface area contributed by atoms with E-state index < -0.39 is 23.3 Å². The molecule has 1 atom stereocenters. The normalized spacial score (nSPS) is 12.8. The molecule has 1 aromatic carbocycles. The number of hydrogen-bond donors (Lipinski definition) is 3. The molecule has 0 saturated carbocycles. The SMILES string of the molecule is CC(C)(C)C(NC(=O)c1ccc(Br)cc1N)C(=O)O. The van der Waals surface area contributed by atoms with Crippen molar-refractivity contribution in [2.75, 3.05) is 5.73 Å². The lowest BCUT2D eigenvalue weighted by Crippen LogP contribution is -2.49. The predicted molar refractivity (Wildman–Crippen MR) is 76.9 cm³/mol. The second-order valence-corrected chi connectivity index (χ2v) is 6.26. The zero-order chi connectivity index (χ0) is 14.8. The zero-order valence-corrected chi connectivity index (χ0v) is 12.6. The molecule has 1 unspecified atom stereocenters. The first-order valence-electron chi connectivity index (χ1n) is 5.71. The molecule has 6 heteroatoms. The maximum Gasteiger partial charge on any atom is 0.326 e. The van der Waals surface area contributed by atoms with E-state index in [-0.39, 0.29) is 5.56 Å². The number of nitrogens with two attached hydrogens (primary N) is 1. The van der Waals surface area contributed by atoms with Crippen LogP contribution in [0.2, 0.25) is 0 Å². The minimum Gasteiger partial charge on any atom is -0.480 e. The van der Waals surface area contributed by atoms with Crippen LogP contribution < -0.4 is 11.1 Å². The van der Waals surface area contributed by atoms with Gasteiger partial charge in [-0.15, -0.1) is 0 Å². The van der Waals surface area contributed by atoms with E-state index in [4.69, 9.17) is 10.8 Å². The molecular weight excluding hydrogens is 312 g/mol. The van der Waals surface area contributed by atoms with Gasteiger partial charge in [0.1, 0.15) is 6.04 Å². The van der Waals surface area contributed by atoms with E-state index in [1.807, 2.05) is 0 Å². The summed E-state index contributed by atoms with van der Waals surface area (Å²) in [5.74, 6) is -1.57. The third-order valence-electron chi connectivity index (χ3n) is 2.65. The van der Waals surface area contributed by atoms with Gasteiger partial charge in [-0.2, -0.15) is 0 Å². The Balaban J connectivity index is 2.98. The van der Waals surface area contributed by atoms with Gasteiger partial charge in [-0.3, -0.25) is 4.79 Å². The molecule has 0 aliphatic rings. The van der Waals surface area contributed by atoms with Gasteiger partial charge in [0, 0.05) is 10.2 Å². The summed E-state index contributed by atoms with van der Waals surface area (Å²) in [5.41, 5.74) is 5.71. The maximum absolute atomic E-state index is 12.1. The lowest BCUT2D eigenvalue weighted by Gasteiger charge is -2.27. The fourth-order valence-electron chi connectivity index (χ4n) is 1.60. The summed E-state index contributed by atoms with van der Waals surface area (Å²) in [4.78, 5) is 23.3. The predicted octanol–water partition coefficient (Wildman–Crippen LogP) is 2.26. The van der Waals surface area contributed by atoms with E-state index in [0.717, 1.165) is 4.47 Å². The van der Waals surface area contributed by atoms with Crippen molar-refractivity contribution in [3.05, 3.63) is 28.2 Å². The molecule has 0 heterocycles. The summed E-state index contributed by atoms with van der Waals surface area (Å²) < 4.78 is 0.757. The Labute approximate surface area is 120 Å². The molecule has 4 N–H and O–H groups in total. The van der Waals surface area contributed by atoms with Crippen LogP contribution in [0.25, 0.3) is 0 Å². The van der Waals surface area contributed by atoms with Gasteiger partial charge in [-0.05, 0) is 23.6 Å². The molecule has 5 nitrogen and oxygen atoms in total. The molecule has 0 aliphatic carbocycles. The van der Waals surface area contributed by atoms with Crippen molar-refractivity contribution < 1.29 is 14.7 Å². The minimum atomic E-state index is -1.07. The number of anilines is 1. The highest BCUT2D eigenvalue weighted by molar-refractivity contribution is 9.10.